The lowest BCUT2D eigenvalue weighted by atomic mass is 10.2. The normalized spacial score (nSPS) is 11.3. The first-order valence-corrected chi connectivity index (χ1v) is 8.16. The number of hydrogen-bond acceptors (Lipinski definition) is 3. The molecule has 6 heteroatoms. The van der Waals surface area contributed by atoms with E-state index in [9.17, 15) is 4.79 Å². The first-order chi connectivity index (χ1) is 11.2. The Morgan fingerprint density at radius 2 is 2.17 bits per heavy atom. The topological polar surface area (TPSA) is 88.7 Å². The van der Waals surface area contributed by atoms with E-state index in [2.05, 4.69) is 15.6 Å². The van der Waals surface area contributed by atoms with Gasteiger partial charge < -0.3 is 21.1 Å². The molecule has 6 nitrogen and oxygen atoms in total. The van der Waals surface area contributed by atoms with Crippen molar-refractivity contribution >= 4 is 17.6 Å². The lowest BCUT2D eigenvalue weighted by Crippen LogP contribution is -2.32. The van der Waals surface area contributed by atoms with Gasteiger partial charge in [0.25, 0.3) is 0 Å². The molecule has 1 rings (SSSR count). The van der Waals surface area contributed by atoms with Crippen molar-refractivity contribution in [2.45, 2.75) is 39.7 Å². The van der Waals surface area contributed by atoms with Crippen molar-refractivity contribution in [3.63, 3.8) is 0 Å². The van der Waals surface area contributed by atoms with Crippen molar-refractivity contribution in [1.82, 2.24) is 5.32 Å². The summed E-state index contributed by atoms with van der Waals surface area (Å²) >= 11 is 0. The van der Waals surface area contributed by atoms with Crippen LogP contribution in [0.5, 0.6) is 0 Å². The largest absolute Gasteiger partial charge is 0.382 e. The van der Waals surface area contributed by atoms with Crippen LogP contribution in [-0.2, 0) is 16.1 Å². The van der Waals surface area contributed by atoms with Crippen LogP contribution in [0.1, 0.15) is 38.7 Å². The van der Waals surface area contributed by atoms with Crippen LogP contribution in [0.25, 0.3) is 0 Å². The van der Waals surface area contributed by atoms with E-state index < -0.39 is 0 Å². The number of amides is 1. The van der Waals surface area contributed by atoms with Gasteiger partial charge in [-0.25, -0.2) is 4.99 Å². The minimum absolute atomic E-state index is 0.0311. The van der Waals surface area contributed by atoms with Gasteiger partial charge in [-0.1, -0.05) is 19.1 Å². The lowest BCUT2D eigenvalue weighted by Gasteiger charge is -2.07. The number of ether oxygens (including phenoxy) is 1. The summed E-state index contributed by atoms with van der Waals surface area (Å²) < 4.78 is 5.25. The molecule has 1 amide bonds. The Bertz CT molecular complexity index is 503. The molecule has 0 aliphatic heterocycles. The number of rotatable bonds is 10. The number of nitrogens with zero attached hydrogens (tertiary/aromatic N) is 1. The Kier molecular flexibility index (Phi) is 9.47. The molecule has 0 spiro atoms. The summed E-state index contributed by atoms with van der Waals surface area (Å²) in [4.78, 5) is 15.9. The SMILES string of the molecule is CCCC(=O)Nc1cccc(CN=C(N)NCCCOCC)c1. The predicted molar refractivity (Wildman–Crippen MR) is 94.4 cm³/mol. The van der Waals surface area contributed by atoms with Gasteiger partial charge in [0.15, 0.2) is 5.96 Å². The first kappa shape index (κ1) is 19.0. The van der Waals surface area contributed by atoms with Crippen molar-refractivity contribution in [1.29, 1.82) is 0 Å². The molecular formula is C17H28N4O2. The molecule has 0 aliphatic carbocycles. The second-order valence-electron chi connectivity index (χ2n) is 5.18. The molecule has 1 aromatic rings. The summed E-state index contributed by atoms with van der Waals surface area (Å²) in [6, 6.07) is 7.65. The third-order valence-electron chi connectivity index (χ3n) is 3.10. The van der Waals surface area contributed by atoms with Crippen molar-refractivity contribution in [2.24, 2.45) is 10.7 Å². The van der Waals surface area contributed by atoms with Crippen LogP contribution >= 0.6 is 0 Å². The molecule has 0 aliphatic rings. The van der Waals surface area contributed by atoms with Gasteiger partial charge in [0.1, 0.15) is 0 Å². The van der Waals surface area contributed by atoms with Gasteiger partial charge >= 0.3 is 0 Å². The minimum Gasteiger partial charge on any atom is -0.382 e. The Balaban J connectivity index is 2.41. The zero-order chi connectivity index (χ0) is 16.9. The minimum atomic E-state index is 0.0311. The molecule has 23 heavy (non-hydrogen) atoms. The molecule has 0 radical (unpaired) electrons. The monoisotopic (exact) mass is 320 g/mol. The Morgan fingerprint density at radius 3 is 2.91 bits per heavy atom. The van der Waals surface area contributed by atoms with E-state index in [-0.39, 0.29) is 5.91 Å². The molecular weight excluding hydrogens is 292 g/mol. The van der Waals surface area contributed by atoms with E-state index in [0.29, 0.717) is 18.9 Å². The number of nitrogens with one attached hydrogen (secondary N) is 2. The molecule has 0 saturated heterocycles. The maximum Gasteiger partial charge on any atom is 0.224 e. The number of guanidine groups is 1. The van der Waals surface area contributed by atoms with Crippen LogP contribution in [0.4, 0.5) is 5.69 Å². The number of anilines is 1. The number of aliphatic imine (C=N–C) groups is 1. The second-order valence-corrected chi connectivity index (χ2v) is 5.18. The van der Waals surface area contributed by atoms with Crippen molar-refractivity contribution < 1.29 is 9.53 Å². The Morgan fingerprint density at radius 1 is 1.35 bits per heavy atom. The number of carbonyl (C=O) groups excluding carboxylic acids is 1. The summed E-state index contributed by atoms with van der Waals surface area (Å²) in [5.41, 5.74) is 7.61. The summed E-state index contributed by atoms with van der Waals surface area (Å²) in [7, 11) is 0. The van der Waals surface area contributed by atoms with Crippen LogP contribution in [0.15, 0.2) is 29.3 Å². The first-order valence-electron chi connectivity index (χ1n) is 8.16. The van der Waals surface area contributed by atoms with Crippen molar-refractivity contribution in [3.05, 3.63) is 29.8 Å². The zero-order valence-corrected chi connectivity index (χ0v) is 14.1. The molecule has 0 aromatic heterocycles. The van der Waals surface area contributed by atoms with Crippen LogP contribution in [-0.4, -0.2) is 31.6 Å². The van der Waals surface area contributed by atoms with Crippen LogP contribution in [0.3, 0.4) is 0 Å². The lowest BCUT2D eigenvalue weighted by molar-refractivity contribution is -0.116. The van der Waals surface area contributed by atoms with Crippen LogP contribution in [0.2, 0.25) is 0 Å². The van der Waals surface area contributed by atoms with E-state index in [1.807, 2.05) is 38.1 Å². The predicted octanol–water partition coefficient (Wildman–Crippen LogP) is 2.26. The number of benzene rings is 1. The summed E-state index contributed by atoms with van der Waals surface area (Å²) in [5.74, 6) is 0.450. The molecule has 1 aromatic carbocycles. The molecule has 0 heterocycles. The summed E-state index contributed by atoms with van der Waals surface area (Å²) in [6.45, 7) is 6.62. The van der Waals surface area contributed by atoms with Gasteiger partial charge in [0.05, 0.1) is 6.54 Å². The van der Waals surface area contributed by atoms with E-state index in [1.165, 1.54) is 0 Å². The van der Waals surface area contributed by atoms with Gasteiger partial charge in [-0.15, -0.1) is 0 Å². The molecule has 0 bridgehead atoms. The summed E-state index contributed by atoms with van der Waals surface area (Å²) in [5, 5.41) is 5.93. The van der Waals surface area contributed by atoms with Gasteiger partial charge in [0, 0.05) is 31.9 Å². The highest BCUT2D eigenvalue weighted by Gasteiger charge is 2.01. The average molecular weight is 320 g/mol. The quantitative estimate of drug-likeness (QED) is 0.350. The van der Waals surface area contributed by atoms with Crippen LogP contribution in [0, 0.1) is 0 Å². The number of carbonyl (C=O) groups is 1. The third kappa shape index (κ3) is 8.83. The fourth-order valence-electron chi connectivity index (χ4n) is 1.97. The zero-order valence-electron chi connectivity index (χ0n) is 14.1. The fraction of sp³-hybridized carbons (Fsp3) is 0.529. The van der Waals surface area contributed by atoms with E-state index in [4.69, 9.17) is 10.5 Å². The Labute approximate surface area is 138 Å². The van der Waals surface area contributed by atoms with E-state index in [0.717, 1.165) is 43.9 Å². The molecule has 0 saturated carbocycles. The highest BCUT2D eigenvalue weighted by atomic mass is 16.5. The standard InChI is InChI=1S/C17H28N4O2/c1-3-7-16(22)21-15-9-5-8-14(12-15)13-20-17(18)19-10-6-11-23-4-2/h5,8-9,12H,3-4,6-7,10-11,13H2,1-2H3,(H,21,22)(H3,18,19,20). The van der Waals surface area contributed by atoms with Gasteiger partial charge in [0.2, 0.25) is 5.91 Å². The molecule has 128 valence electrons. The highest BCUT2D eigenvalue weighted by molar-refractivity contribution is 5.90. The molecule has 0 atom stereocenters. The Hall–Kier alpha value is -2.08. The average Bonchev–Trinajstić information content (AvgIpc) is 2.53. The molecule has 4 N–H and O–H groups in total. The number of hydrogen-bond donors (Lipinski definition) is 3. The van der Waals surface area contributed by atoms with Crippen molar-refractivity contribution in [3.8, 4) is 0 Å². The van der Waals surface area contributed by atoms with Gasteiger partial charge in [-0.05, 0) is 37.5 Å². The maximum absolute atomic E-state index is 11.6. The van der Waals surface area contributed by atoms with Crippen molar-refractivity contribution in [2.75, 3.05) is 25.1 Å². The highest BCUT2D eigenvalue weighted by Crippen LogP contribution is 2.12. The van der Waals surface area contributed by atoms with E-state index in [1.54, 1.807) is 0 Å². The van der Waals surface area contributed by atoms with E-state index >= 15 is 0 Å². The van der Waals surface area contributed by atoms with Gasteiger partial charge in [-0.3, -0.25) is 4.79 Å². The molecule has 0 fully saturated rings. The second kappa shape index (κ2) is 11.5. The van der Waals surface area contributed by atoms with Crippen LogP contribution < -0.4 is 16.4 Å². The smallest absolute Gasteiger partial charge is 0.224 e. The number of nitrogens with two attached hydrogens (primary N) is 1. The van der Waals surface area contributed by atoms with Gasteiger partial charge in [-0.2, -0.15) is 0 Å². The summed E-state index contributed by atoms with van der Waals surface area (Å²) in [6.07, 6.45) is 2.26. The third-order valence-corrected chi connectivity index (χ3v) is 3.10. The fourth-order valence-corrected chi connectivity index (χ4v) is 1.97. The maximum atomic E-state index is 11.6. The molecule has 0 unspecified atom stereocenters.